The highest BCUT2D eigenvalue weighted by Crippen LogP contribution is 2.35. The van der Waals surface area contributed by atoms with Crippen LogP contribution >= 0.6 is 0 Å². The Balaban J connectivity index is 2.54. The number of carbonyl (C=O) groups excluding carboxylic acids is 1. The van der Waals surface area contributed by atoms with E-state index in [0.717, 1.165) is 6.42 Å². The maximum Gasteiger partial charge on any atom is 0.307 e. The van der Waals surface area contributed by atoms with Gasteiger partial charge in [-0.05, 0) is 37.5 Å². The molecule has 0 aromatic heterocycles. The number of esters is 1. The summed E-state index contributed by atoms with van der Waals surface area (Å²) in [5, 5.41) is 0. The first-order chi connectivity index (χ1) is 7.90. The van der Waals surface area contributed by atoms with Crippen molar-refractivity contribution in [1.82, 2.24) is 0 Å². The van der Waals surface area contributed by atoms with Crippen molar-refractivity contribution >= 4 is 5.97 Å². The van der Waals surface area contributed by atoms with Gasteiger partial charge < -0.3 is 10.5 Å². The minimum absolute atomic E-state index is 0.102. The quantitative estimate of drug-likeness (QED) is 0.770. The van der Waals surface area contributed by atoms with Crippen LogP contribution in [0.2, 0.25) is 0 Å². The van der Waals surface area contributed by atoms with E-state index in [4.69, 9.17) is 10.5 Å². The molecule has 0 aliphatic heterocycles. The van der Waals surface area contributed by atoms with E-state index in [1.807, 2.05) is 6.92 Å². The van der Waals surface area contributed by atoms with E-state index in [9.17, 15) is 4.79 Å². The topological polar surface area (TPSA) is 52.3 Å². The molecule has 2 N–H and O–H groups in total. The third-order valence-corrected chi connectivity index (χ3v) is 3.73. The Kier molecular flexibility index (Phi) is 5.44. The van der Waals surface area contributed by atoms with E-state index < -0.39 is 0 Å². The van der Waals surface area contributed by atoms with Crippen LogP contribution in [0.25, 0.3) is 0 Å². The number of hydrogen-bond acceptors (Lipinski definition) is 3. The van der Waals surface area contributed by atoms with Gasteiger partial charge in [0.15, 0.2) is 0 Å². The lowest BCUT2D eigenvalue weighted by Gasteiger charge is -2.36. The molecule has 0 spiro atoms. The molecule has 1 rings (SSSR count). The van der Waals surface area contributed by atoms with Crippen molar-refractivity contribution in [3.63, 3.8) is 0 Å². The van der Waals surface area contributed by atoms with Crippen molar-refractivity contribution in [2.75, 3.05) is 0 Å². The molecular formula is C14H27NO2. The summed E-state index contributed by atoms with van der Waals surface area (Å²) in [5.41, 5.74) is 5.62. The molecular weight excluding hydrogens is 214 g/mol. The fraction of sp³-hybridized carbons (Fsp3) is 0.929. The average molecular weight is 241 g/mol. The van der Waals surface area contributed by atoms with Crippen LogP contribution in [0.5, 0.6) is 0 Å². The second kappa shape index (κ2) is 6.39. The maximum atomic E-state index is 11.7. The Hall–Kier alpha value is -0.570. The minimum atomic E-state index is -0.134. The third kappa shape index (κ3) is 4.66. The molecule has 0 aromatic carbocycles. The van der Waals surface area contributed by atoms with E-state index >= 15 is 0 Å². The summed E-state index contributed by atoms with van der Waals surface area (Å²) in [4.78, 5) is 11.7. The molecule has 1 aliphatic carbocycles. The van der Waals surface area contributed by atoms with Gasteiger partial charge in [0.05, 0.1) is 6.42 Å². The molecule has 0 bridgehead atoms. The highest BCUT2D eigenvalue weighted by atomic mass is 16.5. The van der Waals surface area contributed by atoms with Crippen molar-refractivity contribution in [3.8, 4) is 0 Å². The number of carbonyl (C=O) groups is 1. The molecule has 1 saturated carbocycles. The van der Waals surface area contributed by atoms with Gasteiger partial charge in [0, 0.05) is 6.04 Å². The first kappa shape index (κ1) is 14.5. The SMILES string of the molecule is CC(N)CC(=O)OC1CC(C)CCC1C(C)C. The monoisotopic (exact) mass is 241 g/mol. The predicted molar refractivity (Wildman–Crippen MR) is 69.5 cm³/mol. The van der Waals surface area contributed by atoms with Crippen molar-refractivity contribution in [2.24, 2.45) is 23.5 Å². The normalized spacial score (nSPS) is 31.3. The fourth-order valence-electron chi connectivity index (χ4n) is 2.73. The highest BCUT2D eigenvalue weighted by molar-refractivity contribution is 5.70. The Bertz CT molecular complexity index is 251. The maximum absolute atomic E-state index is 11.7. The number of nitrogens with two attached hydrogens (primary N) is 1. The van der Waals surface area contributed by atoms with Crippen molar-refractivity contribution < 1.29 is 9.53 Å². The van der Waals surface area contributed by atoms with Crippen molar-refractivity contribution in [3.05, 3.63) is 0 Å². The first-order valence-electron chi connectivity index (χ1n) is 6.85. The van der Waals surface area contributed by atoms with Gasteiger partial charge in [0.25, 0.3) is 0 Å². The van der Waals surface area contributed by atoms with Crippen LogP contribution in [0.15, 0.2) is 0 Å². The van der Waals surface area contributed by atoms with E-state index in [0.29, 0.717) is 24.2 Å². The summed E-state index contributed by atoms with van der Waals surface area (Å²) in [6.07, 6.45) is 3.87. The second-order valence-corrected chi connectivity index (χ2v) is 6.04. The largest absolute Gasteiger partial charge is 0.462 e. The van der Waals surface area contributed by atoms with Gasteiger partial charge in [-0.25, -0.2) is 0 Å². The van der Waals surface area contributed by atoms with Crippen molar-refractivity contribution in [1.29, 1.82) is 0 Å². The third-order valence-electron chi connectivity index (χ3n) is 3.73. The van der Waals surface area contributed by atoms with Gasteiger partial charge in [-0.15, -0.1) is 0 Å². The molecule has 1 aliphatic rings. The molecule has 4 atom stereocenters. The minimum Gasteiger partial charge on any atom is -0.462 e. The number of rotatable bonds is 4. The van der Waals surface area contributed by atoms with Crippen LogP contribution in [0.4, 0.5) is 0 Å². The fourth-order valence-corrected chi connectivity index (χ4v) is 2.73. The second-order valence-electron chi connectivity index (χ2n) is 6.04. The molecule has 0 amide bonds. The smallest absolute Gasteiger partial charge is 0.307 e. The Morgan fingerprint density at radius 2 is 2.00 bits per heavy atom. The first-order valence-corrected chi connectivity index (χ1v) is 6.85. The molecule has 4 unspecified atom stereocenters. The van der Waals surface area contributed by atoms with Gasteiger partial charge in [-0.1, -0.05) is 27.2 Å². The Labute approximate surface area is 105 Å². The van der Waals surface area contributed by atoms with Crippen LogP contribution in [0.1, 0.15) is 53.4 Å². The molecule has 1 fully saturated rings. The highest BCUT2D eigenvalue weighted by Gasteiger charge is 2.33. The molecule has 3 heteroatoms. The zero-order valence-electron chi connectivity index (χ0n) is 11.6. The summed E-state index contributed by atoms with van der Waals surface area (Å²) in [6.45, 7) is 8.51. The van der Waals surface area contributed by atoms with E-state index in [1.54, 1.807) is 0 Å². The summed E-state index contributed by atoms with van der Waals surface area (Å²) >= 11 is 0. The number of ether oxygens (including phenoxy) is 1. The van der Waals surface area contributed by atoms with Crippen LogP contribution in [-0.2, 0) is 9.53 Å². The summed E-state index contributed by atoms with van der Waals surface area (Å²) in [5.74, 6) is 1.63. The standard InChI is InChI=1S/C14H27NO2/c1-9(2)12-6-5-10(3)7-13(12)17-14(16)8-11(4)15/h9-13H,5-8,15H2,1-4H3. The zero-order valence-corrected chi connectivity index (χ0v) is 11.6. The summed E-state index contributed by atoms with van der Waals surface area (Å²) in [7, 11) is 0. The van der Waals surface area contributed by atoms with Crippen LogP contribution < -0.4 is 5.73 Å². The predicted octanol–water partition coefficient (Wildman–Crippen LogP) is 2.73. The van der Waals surface area contributed by atoms with Gasteiger partial charge in [-0.3, -0.25) is 4.79 Å². The molecule has 0 radical (unpaired) electrons. The van der Waals surface area contributed by atoms with Crippen LogP contribution in [-0.4, -0.2) is 18.1 Å². The summed E-state index contributed by atoms with van der Waals surface area (Å²) < 4.78 is 5.63. The van der Waals surface area contributed by atoms with E-state index in [1.165, 1.54) is 12.8 Å². The molecule has 100 valence electrons. The number of hydrogen-bond donors (Lipinski definition) is 1. The lowest BCUT2D eigenvalue weighted by molar-refractivity contribution is -0.156. The Morgan fingerprint density at radius 3 is 2.53 bits per heavy atom. The van der Waals surface area contributed by atoms with E-state index in [2.05, 4.69) is 20.8 Å². The van der Waals surface area contributed by atoms with Crippen LogP contribution in [0.3, 0.4) is 0 Å². The van der Waals surface area contributed by atoms with Crippen LogP contribution in [0, 0.1) is 17.8 Å². The zero-order chi connectivity index (χ0) is 13.0. The molecule has 17 heavy (non-hydrogen) atoms. The Morgan fingerprint density at radius 1 is 1.35 bits per heavy atom. The van der Waals surface area contributed by atoms with Gasteiger partial charge >= 0.3 is 5.97 Å². The van der Waals surface area contributed by atoms with Gasteiger partial charge in [0.2, 0.25) is 0 Å². The van der Waals surface area contributed by atoms with Crippen molar-refractivity contribution in [2.45, 2.75) is 65.5 Å². The average Bonchev–Trinajstić information content (AvgIpc) is 2.15. The van der Waals surface area contributed by atoms with Gasteiger partial charge in [-0.2, -0.15) is 0 Å². The van der Waals surface area contributed by atoms with Gasteiger partial charge in [0.1, 0.15) is 6.10 Å². The molecule has 0 heterocycles. The summed E-state index contributed by atoms with van der Waals surface area (Å²) in [6, 6.07) is -0.110. The lowest BCUT2D eigenvalue weighted by Crippen LogP contribution is -2.36. The van der Waals surface area contributed by atoms with E-state index in [-0.39, 0.29) is 18.1 Å². The lowest BCUT2D eigenvalue weighted by atomic mass is 9.75. The molecule has 3 nitrogen and oxygen atoms in total. The molecule has 0 aromatic rings. The molecule has 0 saturated heterocycles.